The van der Waals surface area contributed by atoms with Crippen LogP contribution in [0.25, 0.3) is 0 Å². The lowest BCUT2D eigenvalue weighted by Gasteiger charge is -2.30. The Morgan fingerprint density at radius 1 is 0.879 bits per heavy atom. The Morgan fingerprint density at radius 3 is 1.73 bits per heavy atom. The maximum atomic E-state index is 11.2. The number of hydrogen-bond donors (Lipinski definition) is 2. The largest absolute Gasteiger partial charge is 0.507 e. The van der Waals surface area contributed by atoms with Gasteiger partial charge < -0.3 is 14.9 Å². The summed E-state index contributed by atoms with van der Waals surface area (Å²) in [6, 6.07) is 11.8. The SMILES string of the molecule is CCC(Oc1ccc(SC(C)(C)Sc2cc(C(C)(C)C)c(O)c(C(C)(C)C)c2)cc1)C(=O)O. The summed E-state index contributed by atoms with van der Waals surface area (Å²) in [5.74, 6) is 0.000934. The van der Waals surface area contributed by atoms with Crippen molar-refractivity contribution in [3.05, 3.63) is 47.5 Å². The predicted molar refractivity (Wildman–Crippen MR) is 140 cm³/mol. The van der Waals surface area contributed by atoms with Crippen molar-refractivity contribution in [3.8, 4) is 11.5 Å². The topological polar surface area (TPSA) is 66.8 Å². The number of ether oxygens (including phenoxy) is 1. The first kappa shape index (κ1) is 27.5. The van der Waals surface area contributed by atoms with Gasteiger partial charge in [-0.1, -0.05) is 48.5 Å². The van der Waals surface area contributed by atoms with Gasteiger partial charge in [-0.05, 0) is 67.5 Å². The fourth-order valence-electron chi connectivity index (χ4n) is 3.46. The molecule has 0 spiro atoms. The molecule has 0 amide bonds. The Bertz CT molecular complexity index is 932. The van der Waals surface area contributed by atoms with Crippen molar-refractivity contribution in [2.24, 2.45) is 0 Å². The van der Waals surface area contributed by atoms with Crippen LogP contribution in [0.1, 0.15) is 79.9 Å². The van der Waals surface area contributed by atoms with Gasteiger partial charge in [0.2, 0.25) is 0 Å². The molecule has 33 heavy (non-hydrogen) atoms. The Morgan fingerprint density at radius 2 is 1.33 bits per heavy atom. The van der Waals surface area contributed by atoms with E-state index in [-0.39, 0.29) is 14.9 Å². The molecular formula is C27H38O4S2. The van der Waals surface area contributed by atoms with Crippen LogP contribution in [-0.2, 0) is 15.6 Å². The number of aliphatic carboxylic acids is 1. The Labute approximate surface area is 207 Å². The van der Waals surface area contributed by atoms with Crippen LogP contribution in [0.4, 0.5) is 0 Å². The molecule has 0 aliphatic heterocycles. The van der Waals surface area contributed by atoms with Gasteiger partial charge in [0, 0.05) is 20.9 Å². The van der Waals surface area contributed by atoms with Crippen LogP contribution in [0.2, 0.25) is 0 Å². The first-order valence-corrected chi connectivity index (χ1v) is 12.9. The number of benzene rings is 2. The summed E-state index contributed by atoms with van der Waals surface area (Å²) >= 11 is 3.52. The number of carboxylic acid groups (broad SMARTS) is 1. The van der Waals surface area contributed by atoms with E-state index in [1.54, 1.807) is 30.4 Å². The second-order valence-corrected chi connectivity index (χ2v) is 14.4. The lowest BCUT2D eigenvalue weighted by Crippen LogP contribution is -2.25. The summed E-state index contributed by atoms with van der Waals surface area (Å²) in [6.07, 6.45) is -0.422. The molecule has 0 aliphatic rings. The number of aromatic hydroxyl groups is 1. The van der Waals surface area contributed by atoms with Crippen molar-refractivity contribution < 1.29 is 19.7 Å². The number of rotatable bonds is 8. The lowest BCUT2D eigenvalue weighted by atomic mass is 9.79. The van der Waals surface area contributed by atoms with Gasteiger partial charge in [0.1, 0.15) is 11.5 Å². The molecule has 0 bridgehead atoms. The smallest absolute Gasteiger partial charge is 0.344 e. The van der Waals surface area contributed by atoms with Gasteiger partial charge in [-0.3, -0.25) is 0 Å². The van der Waals surface area contributed by atoms with E-state index in [1.807, 2.05) is 24.3 Å². The number of phenolic OH excluding ortho intramolecular Hbond substituents is 1. The fraction of sp³-hybridized carbons (Fsp3) is 0.519. The minimum absolute atomic E-state index is 0.167. The molecule has 1 unspecified atom stereocenters. The first-order valence-electron chi connectivity index (χ1n) is 11.3. The summed E-state index contributed by atoms with van der Waals surface area (Å²) < 4.78 is 5.40. The van der Waals surface area contributed by atoms with Crippen molar-refractivity contribution in [1.29, 1.82) is 0 Å². The molecule has 1 atom stereocenters. The lowest BCUT2D eigenvalue weighted by molar-refractivity contribution is -0.145. The molecular weight excluding hydrogens is 452 g/mol. The number of carboxylic acids is 1. The van der Waals surface area contributed by atoms with Crippen LogP contribution >= 0.6 is 23.5 Å². The van der Waals surface area contributed by atoms with Gasteiger partial charge in [-0.2, -0.15) is 0 Å². The second-order valence-electron chi connectivity index (χ2n) is 10.8. The Kier molecular flexibility index (Phi) is 8.51. The third-order valence-corrected chi connectivity index (χ3v) is 7.64. The standard InChI is InChI=1S/C27H38O4S2/c1-10-22(24(29)30)31-17-11-13-18(14-12-17)32-27(8,9)33-19-15-20(25(2,3)4)23(28)21(16-19)26(5,6)7/h11-16,22,28H,10H2,1-9H3,(H,29,30). The molecule has 2 aromatic carbocycles. The van der Waals surface area contributed by atoms with E-state index in [0.717, 1.165) is 20.9 Å². The summed E-state index contributed by atoms with van der Waals surface area (Å²) in [5, 5.41) is 20.2. The molecule has 0 saturated heterocycles. The van der Waals surface area contributed by atoms with Crippen LogP contribution in [0.3, 0.4) is 0 Å². The zero-order valence-electron chi connectivity index (χ0n) is 21.3. The highest BCUT2D eigenvalue weighted by Crippen LogP contribution is 2.48. The maximum Gasteiger partial charge on any atom is 0.344 e. The molecule has 182 valence electrons. The minimum atomic E-state index is -0.952. The van der Waals surface area contributed by atoms with Gasteiger partial charge in [-0.15, -0.1) is 23.5 Å². The van der Waals surface area contributed by atoms with Crippen molar-refractivity contribution in [1.82, 2.24) is 0 Å². The highest BCUT2D eigenvalue weighted by atomic mass is 32.2. The Balaban J connectivity index is 2.26. The third-order valence-electron chi connectivity index (χ3n) is 5.18. The van der Waals surface area contributed by atoms with Crippen molar-refractivity contribution in [2.75, 3.05) is 0 Å². The second kappa shape index (κ2) is 10.2. The molecule has 2 aromatic rings. The number of thioether (sulfide) groups is 2. The molecule has 0 radical (unpaired) electrons. The summed E-state index contributed by atoms with van der Waals surface area (Å²) in [6.45, 7) is 18.9. The van der Waals surface area contributed by atoms with E-state index < -0.39 is 12.1 Å². The van der Waals surface area contributed by atoms with Gasteiger partial charge in [0.05, 0.1) is 4.08 Å². The molecule has 0 heterocycles. The van der Waals surface area contributed by atoms with Crippen molar-refractivity contribution >= 4 is 29.5 Å². The molecule has 0 aromatic heterocycles. The Hall–Kier alpha value is -1.79. The van der Waals surface area contributed by atoms with Crippen molar-refractivity contribution in [3.63, 3.8) is 0 Å². The number of phenols is 1. The monoisotopic (exact) mass is 490 g/mol. The van der Waals surface area contributed by atoms with E-state index in [0.29, 0.717) is 17.9 Å². The molecule has 0 fully saturated rings. The van der Waals surface area contributed by atoms with Crippen LogP contribution in [0, 0.1) is 0 Å². The third kappa shape index (κ3) is 7.61. The van der Waals surface area contributed by atoms with E-state index in [2.05, 4.69) is 67.5 Å². The van der Waals surface area contributed by atoms with E-state index in [9.17, 15) is 15.0 Å². The molecule has 0 aliphatic carbocycles. The maximum absolute atomic E-state index is 11.2. The molecule has 2 N–H and O–H groups in total. The molecule has 4 nitrogen and oxygen atoms in total. The highest BCUT2D eigenvalue weighted by molar-refractivity contribution is 8.18. The first-order chi connectivity index (χ1) is 15.0. The number of hydrogen-bond acceptors (Lipinski definition) is 5. The fourth-order valence-corrected chi connectivity index (χ4v) is 5.96. The predicted octanol–water partition coefficient (Wildman–Crippen LogP) is 7.85. The van der Waals surface area contributed by atoms with Gasteiger partial charge in [0.15, 0.2) is 6.10 Å². The van der Waals surface area contributed by atoms with Gasteiger partial charge in [0.25, 0.3) is 0 Å². The van der Waals surface area contributed by atoms with Crippen LogP contribution < -0.4 is 4.74 Å². The molecule has 2 rings (SSSR count). The van der Waals surface area contributed by atoms with Gasteiger partial charge >= 0.3 is 5.97 Å². The van der Waals surface area contributed by atoms with E-state index in [1.165, 1.54) is 0 Å². The number of carbonyl (C=O) groups is 1. The van der Waals surface area contributed by atoms with E-state index >= 15 is 0 Å². The van der Waals surface area contributed by atoms with Crippen LogP contribution in [-0.4, -0.2) is 26.4 Å². The molecule has 0 saturated carbocycles. The summed E-state index contributed by atoms with van der Waals surface area (Å²) in [4.78, 5) is 13.4. The van der Waals surface area contributed by atoms with Gasteiger partial charge in [-0.25, -0.2) is 4.79 Å². The molecule has 6 heteroatoms. The quantitative estimate of drug-likeness (QED) is 0.290. The minimum Gasteiger partial charge on any atom is -0.507 e. The van der Waals surface area contributed by atoms with E-state index in [4.69, 9.17) is 4.74 Å². The zero-order valence-corrected chi connectivity index (χ0v) is 22.9. The van der Waals surface area contributed by atoms with Crippen LogP contribution in [0.5, 0.6) is 11.5 Å². The highest BCUT2D eigenvalue weighted by Gasteiger charge is 2.29. The van der Waals surface area contributed by atoms with Crippen molar-refractivity contribution in [2.45, 2.75) is 99.5 Å². The van der Waals surface area contributed by atoms with Crippen LogP contribution in [0.15, 0.2) is 46.2 Å². The normalized spacial score (nSPS) is 13.6. The summed E-state index contributed by atoms with van der Waals surface area (Å²) in [7, 11) is 0. The zero-order chi connectivity index (χ0) is 25.2. The average Bonchev–Trinajstić information content (AvgIpc) is 2.66. The average molecular weight is 491 g/mol. The summed E-state index contributed by atoms with van der Waals surface area (Å²) in [5.41, 5.74) is 1.59.